The zero-order chi connectivity index (χ0) is 16.4. The predicted octanol–water partition coefficient (Wildman–Crippen LogP) is 3.66. The van der Waals surface area contributed by atoms with Crippen molar-refractivity contribution in [3.8, 4) is 5.75 Å². The number of fused-ring (bicyclic) bond motifs is 1. The largest absolute Gasteiger partial charge is 0.493 e. The Kier molecular flexibility index (Phi) is 4.60. The molecule has 0 saturated carbocycles. The quantitative estimate of drug-likeness (QED) is 0.858. The Morgan fingerprint density at radius 1 is 1.17 bits per heavy atom. The smallest absolute Gasteiger partial charge is 0.243 e. The third-order valence-electron chi connectivity index (χ3n) is 4.38. The van der Waals surface area contributed by atoms with Crippen LogP contribution in [0.25, 0.3) is 10.8 Å². The summed E-state index contributed by atoms with van der Waals surface area (Å²) in [7, 11) is -3.48. The van der Waals surface area contributed by atoms with Gasteiger partial charge in [0, 0.05) is 23.9 Å². The molecular weight excluding hydrogens is 310 g/mol. The Hall–Kier alpha value is -1.59. The maximum Gasteiger partial charge on any atom is 0.243 e. The van der Waals surface area contributed by atoms with E-state index in [1.165, 1.54) is 0 Å². The summed E-state index contributed by atoms with van der Waals surface area (Å²) < 4.78 is 33.5. The molecule has 0 spiro atoms. The Bertz CT molecular complexity index is 801. The van der Waals surface area contributed by atoms with Crippen LogP contribution < -0.4 is 4.74 Å². The third kappa shape index (κ3) is 3.08. The van der Waals surface area contributed by atoms with Gasteiger partial charge in [-0.2, -0.15) is 4.31 Å². The fraction of sp³-hybridized carbons (Fsp3) is 0.444. The van der Waals surface area contributed by atoms with Crippen LogP contribution in [-0.4, -0.2) is 32.4 Å². The lowest BCUT2D eigenvalue weighted by Gasteiger charge is -2.30. The SMILES string of the molecule is CCOc1ccc(S(=O)(=O)N2CCC[C@@H](C)C2)c2ccccc12. The van der Waals surface area contributed by atoms with Crippen molar-refractivity contribution in [3.63, 3.8) is 0 Å². The molecule has 1 aliphatic heterocycles. The molecule has 1 aliphatic rings. The van der Waals surface area contributed by atoms with E-state index in [0.717, 1.165) is 29.4 Å². The van der Waals surface area contributed by atoms with Gasteiger partial charge in [0.15, 0.2) is 0 Å². The fourth-order valence-electron chi connectivity index (χ4n) is 3.25. The second-order valence-electron chi connectivity index (χ2n) is 6.15. The second kappa shape index (κ2) is 6.49. The minimum Gasteiger partial charge on any atom is -0.493 e. The summed E-state index contributed by atoms with van der Waals surface area (Å²) >= 11 is 0. The lowest BCUT2D eigenvalue weighted by molar-refractivity contribution is 0.281. The number of ether oxygens (including phenoxy) is 1. The lowest BCUT2D eigenvalue weighted by atomic mass is 10.0. The van der Waals surface area contributed by atoms with Crippen molar-refractivity contribution in [1.29, 1.82) is 0 Å². The van der Waals surface area contributed by atoms with Crippen molar-refractivity contribution in [2.45, 2.75) is 31.6 Å². The van der Waals surface area contributed by atoms with E-state index in [9.17, 15) is 8.42 Å². The number of piperidine rings is 1. The molecule has 0 aromatic heterocycles. The van der Waals surface area contributed by atoms with Gasteiger partial charge < -0.3 is 4.74 Å². The van der Waals surface area contributed by atoms with Crippen LogP contribution in [-0.2, 0) is 10.0 Å². The summed E-state index contributed by atoms with van der Waals surface area (Å²) in [6.45, 7) is 5.80. The zero-order valence-electron chi connectivity index (χ0n) is 13.7. The summed E-state index contributed by atoms with van der Waals surface area (Å²) in [6.07, 6.45) is 2.02. The highest BCUT2D eigenvalue weighted by Gasteiger charge is 2.30. The van der Waals surface area contributed by atoms with Crippen molar-refractivity contribution in [2.75, 3.05) is 19.7 Å². The lowest BCUT2D eigenvalue weighted by Crippen LogP contribution is -2.39. The molecule has 0 N–H and O–H groups in total. The molecule has 1 saturated heterocycles. The average molecular weight is 333 g/mol. The minimum absolute atomic E-state index is 0.380. The molecular formula is C18H23NO3S. The van der Waals surface area contributed by atoms with Crippen LogP contribution in [0.3, 0.4) is 0 Å². The van der Waals surface area contributed by atoms with Gasteiger partial charge in [-0.15, -0.1) is 0 Å². The first-order valence-electron chi connectivity index (χ1n) is 8.18. The first-order valence-corrected chi connectivity index (χ1v) is 9.62. The van der Waals surface area contributed by atoms with Gasteiger partial charge in [-0.25, -0.2) is 8.42 Å². The predicted molar refractivity (Wildman–Crippen MR) is 92.3 cm³/mol. The van der Waals surface area contributed by atoms with Gasteiger partial charge in [0.25, 0.3) is 0 Å². The number of hydrogen-bond donors (Lipinski definition) is 0. The summed E-state index contributed by atoms with van der Waals surface area (Å²) in [5, 5.41) is 1.58. The van der Waals surface area contributed by atoms with E-state index in [1.54, 1.807) is 16.4 Å². The van der Waals surface area contributed by atoms with Crippen LogP contribution in [0.2, 0.25) is 0 Å². The fourth-order valence-corrected chi connectivity index (χ4v) is 5.05. The third-order valence-corrected chi connectivity index (χ3v) is 6.30. The summed E-state index contributed by atoms with van der Waals surface area (Å²) in [5.74, 6) is 1.14. The summed E-state index contributed by atoms with van der Waals surface area (Å²) in [4.78, 5) is 0.380. The molecule has 1 heterocycles. The Balaban J connectivity index is 2.11. The molecule has 23 heavy (non-hydrogen) atoms. The van der Waals surface area contributed by atoms with Gasteiger partial charge >= 0.3 is 0 Å². The van der Waals surface area contributed by atoms with Crippen molar-refractivity contribution < 1.29 is 13.2 Å². The number of hydrogen-bond acceptors (Lipinski definition) is 3. The van der Waals surface area contributed by atoms with Gasteiger partial charge in [0.05, 0.1) is 11.5 Å². The average Bonchev–Trinajstić information content (AvgIpc) is 2.55. The molecule has 0 radical (unpaired) electrons. The minimum atomic E-state index is -3.48. The highest BCUT2D eigenvalue weighted by Crippen LogP contribution is 2.33. The number of sulfonamides is 1. The first kappa shape index (κ1) is 16.3. The molecule has 2 aromatic carbocycles. The molecule has 1 atom stereocenters. The van der Waals surface area contributed by atoms with E-state index in [2.05, 4.69) is 6.92 Å². The zero-order valence-corrected chi connectivity index (χ0v) is 14.5. The second-order valence-corrected chi connectivity index (χ2v) is 8.06. The number of nitrogens with zero attached hydrogens (tertiary/aromatic N) is 1. The van der Waals surface area contributed by atoms with Crippen molar-refractivity contribution in [2.24, 2.45) is 5.92 Å². The molecule has 0 unspecified atom stereocenters. The van der Waals surface area contributed by atoms with E-state index in [1.807, 2.05) is 31.2 Å². The van der Waals surface area contributed by atoms with Gasteiger partial charge in [0.2, 0.25) is 10.0 Å². The van der Waals surface area contributed by atoms with Crippen molar-refractivity contribution >= 4 is 20.8 Å². The van der Waals surface area contributed by atoms with Crippen molar-refractivity contribution in [1.82, 2.24) is 4.31 Å². The molecule has 3 rings (SSSR count). The van der Waals surface area contributed by atoms with E-state index in [-0.39, 0.29) is 0 Å². The molecule has 0 bridgehead atoms. The van der Waals surface area contributed by atoms with Crippen LogP contribution in [0.4, 0.5) is 0 Å². The normalized spacial score (nSPS) is 19.8. The standard InChI is InChI=1S/C18H23NO3S/c1-3-22-17-10-11-18(16-9-5-4-8-15(16)17)23(20,21)19-12-6-7-14(2)13-19/h4-5,8-11,14H,3,6-7,12-13H2,1-2H3/t14-/m1/s1. The Morgan fingerprint density at radius 3 is 2.61 bits per heavy atom. The number of benzene rings is 2. The molecule has 5 heteroatoms. The highest BCUT2D eigenvalue weighted by molar-refractivity contribution is 7.89. The Labute approximate surface area is 138 Å². The summed E-state index contributed by atoms with van der Waals surface area (Å²) in [5.41, 5.74) is 0. The van der Waals surface area contributed by atoms with E-state index in [0.29, 0.717) is 30.5 Å². The van der Waals surface area contributed by atoms with Gasteiger partial charge in [-0.05, 0) is 37.8 Å². The monoisotopic (exact) mass is 333 g/mol. The molecule has 124 valence electrons. The van der Waals surface area contributed by atoms with Crippen LogP contribution in [0.5, 0.6) is 5.75 Å². The maximum atomic E-state index is 13.1. The van der Waals surface area contributed by atoms with Gasteiger partial charge in [-0.1, -0.05) is 31.2 Å². The molecule has 1 fully saturated rings. The molecule has 0 amide bonds. The van der Waals surface area contributed by atoms with Gasteiger partial charge in [0.1, 0.15) is 5.75 Å². The molecule has 2 aromatic rings. The van der Waals surface area contributed by atoms with Crippen molar-refractivity contribution in [3.05, 3.63) is 36.4 Å². The topological polar surface area (TPSA) is 46.6 Å². The van der Waals surface area contributed by atoms with Crippen LogP contribution in [0.15, 0.2) is 41.3 Å². The van der Waals surface area contributed by atoms with E-state index >= 15 is 0 Å². The van der Waals surface area contributed by atoms with Crippen LogP contribution in [0, 0.1) is 5.92 Å². The van der Waals surface area contributed by atoms with Crippen LogP contribution in [0.1, 0.15) is 26.7 Å². The molecule has 0 aliphatic carbocycles. The van der Waals surface area contributed by atoms with Crippen LogP contribution >= 0.6 is 0 Å². The number of rotatable bonds is 4. The molecule has 4 nitrogen and oxygen atoms in total. The van der Waals surface area contributed by atoms with Gasteiger partial charge in [-0.3, -0.25) is 0 Å². The Morgan fingerprint density at radius 2 is 1.91 bits per heavy atom. The highest BCUT2D eigenvalue weighted by atomic mass is 32.2. The van der Waals surface area contributed by atoms with E-state index < -0.39 is 10.0 Å². The maximum absolute atomic E-state index is 13.1. The first-order chi connectivity index (χ1) is 11.0. The van der Waals surface area contributed by atoms with E-state index in [4.69, 9.17) is 4.74 Å². The summed E-state index contributed by atoms with van der Waals surface area (Å²) in [6, 6.07) is 11.0.